The van der Waals surface area contributed by atoms with Gasteiger partial charge in [0.1, 0.15) is 0 Å². The van der Waals surface area contributed by atoms with Gasteiger partial charge >= 0.3 is 0 Å². The van der Waals surface area contributed by atoms with Crippen molar-refractivity contribution in [2.24, 2.45) is 5.92 Å². The number of rotatable bonds is 2. The summed E-state index contributed by atoms with van der Waals surface area (Å²) in [6.45, 7) is 0.986. The molecule has 1 saturated carbocycles. The highest BCUT2D eigenvalue weighted by atomic mass is 16.5. The van der Waals surface area contributed by atoms with Gasteiger partial charge in [-0.2, -0.15) is 0 Å². The Labute approximate surface area is 69.6 Å². The minimum Gasteiger partial charge on any atom is -0.400 e. The smallest absolute Gasteiger partial charge is 0.0490 e. The molecule has 0 aromatic rings. The van der Waals surface area contributed by atoms with Crippen LogP contribution in [0.15, 0.2) is 0 Å². The van der Waals surface area contributed by atoms with Crippen LogP contribution in [-0.2, 0) is 4.74 Å². The van der Waals surface area contributed by atoms with Crippen molar-refractivity contribution in [1.82, 2.24) is 0 Å². The van der Waals surface area contributed by atoms with Crippen LogP contribution in [0.25, 0.3) is 0 Å². The predicted octanol–water partition coefficient (Wildman–Crippen LogP) is 1.82. The zero-order chi connectivity index (χ0) is 8.53. The molecule has 0 bridgehead atoms. The van der Waals surface area contributed by atoms with Crippen molar-refractivity contribution in [1.29, 1.82) is 0 Å². The first-order valence-electron chi connectivity index (χ1n) is 4.37. The summed E-state index contributed by atoms with van der Waals surface area (Å²) in [4.78, 5) is 0. The Balaban J connectivity index is 0.000000461. The lowest BCUT2D eigenvalue weighted by Crippen LogP contribution is -2.11. The van der Waals surface area contributed by atoms with Crippen LogP contribution in [0.4, 0.5) is 0 Å². The summed E-state index contributed by atoms with van der Waals surface area (Å²) in [5, 5.41) is 7.00. The maximum absolute atomic E-state index is 7.00. The molecule has 0 aromatic carbocycles. The van der Waals surface area contributed by atoms with Crippen molar-refractivity contribution >= 4 is 0 Å². The van der Waals surface area contributed by atoms with Crippen LogP contribution in [0.1, 0.15) is 32.1 Å². The molecule has 0 spiro atoms. The van der Waals surface area contributed by atoms with Gasteiger partial charge in [0.05, 0.1) is 0 Å². The van der Waals surface area contributed by atoms with E-state index in [2.05, 4.69) is 0 Å². The highest BCUT2D eigenvalue weighted by Gasteiger charge is 2.11. The van der Waals surface area contributed by atoms with Crippen molar-refractivity contribution in [2.45, 2.75) is 32.1 Å². The second-order valence-corrected chi connectivity index (χ2v) is 2.96. The third kappa shape index (κ3) is 5.22. The van der Waals surface area contributed by atoms with E-state index in [0.717, 1.165) is 19.6 Å². The first kappa shape index (κ1) is 10.9. The van der Waals surface area contributed by atoms with Crippen molar-refractivity contribution in [3.05, 3.63) is 0 Å². The fourth-order valence-corrected chi connectivity index (χ4v) is 1.59. The van der Waals surface area contributed by atoms with E-state index in [0.29, 0.717) is 0 Å². The molecule has 0 saturated heterocycles. The summed E-state index contributed by atoms with van der Waals surface area (Å²) < 4.78 is 5.08. The molecule has 1 fully saturated rings. The summed E-state index contributed by atoms with van der Waals surface area (Å²) in [5.74, 6) is 0.878. The SMILES string of the molecule is CO.COCC1CCCCC1. The Kier molecular flexibility index (Phi) is 7.96. The van der Waals surface area contributed by atoms with Gasteiger partial charge in [0.25, 0.3) is 0 Å². The number of ether oxygens (including phenoxy) is 1. The third-order valence-corrected chi connectivity index (χ3v) is 2.13. The molecule has 0 heterocycles. The monoisotopic (exact) mass is 160 g/mol. The van der Waals surface area contributed by atoms with Crippen molar-refractivity contribution in [2.75, 3.05) is 20.8 Å². The highest BCUT2D eigenvalue weighted by Crippen LogP contribution is 2.23. The van der Waals surface area contributed by atoms with Gasteiger partial charge in [0.2, 0.25) is 0 Å². The summed E-state index contributed by atoms with van der Waals surface area (Å²) in [6.07, 6.45) is 7.09. The van der Waals surface area contributed by atoms with Crippen LogP contribution in [0.5, 0.6) is 0 Å². The predicted molar refractivity (Wildman–Crippen MR) is 46.6 cm³/mol. The van der Waals surface area contributed by atoms with Gasteiger partial charge in [-0.3, -0.25) is 0 Å². The quantitative estimate of drug-likeness (QED) is 0.667. The van der Waals surface area contributed by atoms with E-state index in [1.54, 1.807) is 7.11 Å². The molecule has 0 amide bonds. The standard InChI is InChI=1S/C8H16O.CH4O/c1-9-7-8-5-3-2-4-6-8;1-2/h8H,2-7H2,1H3;2H,1H3. The van der Waals surface area contributed by atoms with E-state index >= 15 is 0 Å². The molecule has 1 aliphatic rings. The maximum Gasteiger partial charge on any atom is 0.0490 e. The summed E-state index contributed by atoms with van der Waals surface area (Å²) in [7, 11) is 2.80. The van der Waals surface area contributed by atoms with E-state index in [4.69, 9.17) is 9.84 Å². The Morgan fingerprint density at radius 1 is 1.18 bits per heavy atom. The van der Waals surface area contributed by atoms with Crippen LogP contribution >= 0.6 is 0 Å². The van der Waals surface area contributed by atoms with Crippen molar-refractivity contribution in [3.63, 3.8) is 0 Å². The molecule has 68 valence electrons. The number of hydrogen-bond acceptors (Lipinski definition) is 2. The molecule has 2 heteroatoms. The summed E-state index contributed by atoms with van der Waals surface area (Å²) in [5.41, 5.74) is 0. The van der Waals surface area contributed by atoms with E-state index < -0.39 is 0 Å². The zero-order valence-electron chi connectivity index (χ0n) is 7.68. The first-order valence-corrected chi connectivity index (χ1v) is 4.37. The molecule has 0 atom stereocenters. The third-order valence-electron chi connectivity index (χ3n) is 2.13. The molecule has 11 heavy (non-hydrogen) atoms. The van der Waals surface area contributed by atoms with Crippen LogP contribution in [-0.4, -0.2) is 25.9 Å². The lowest BCUT2D eigenvalue weighted by Gasteiger charge is -2.19. The Hall–Kier alpha value is -0.0800. The second-order valence-electron chi connectivity index (χ2n) is 2.96. The van der Waals surface area contributed by atoms with Gasteiger partial charge in [-0.05, 0) is 18.8 Å². The lowest BCUT2D eigenvalue weighted by atomic mass is 9.90. The highest BCUT2D eigenvalue weighted by molar-refractivity contribution is 4.64. The van der Waals surface area contributed by atoms with E-state index in [1.165, 1.54) is 32.1 Å². The molecular formula is C9H20O2. The Bertz CT molecular complexity index is 65.2. The van der Waals surface area contributed by atoms with Gasteiger partial charge in [0.15, 0.2) is 0 Å². The second kappa shape index (κ2) is 8.02. The molecule has 0 radical (unpaired) electrons. The fraction of sp³-hybridized carbons (Fsp3) is 1.00. The zero-order valence-corrected chi connectivity index (χ0v) is 7.68. The van der Waals surface area contributed by atoms with Crippen molar-refractivity contribution < 1.29 is 9.84 Å². The molecule has 0 aliphatic heterocycles. The number of aliphatic hydroxyl groups is 1. The van der Waals surface area contributed by atoms with Crippen LogP contribution < -0.4 is 0 Å². The maximum atomic E-state index is 7.00. The van der Waals surface area contributed by atoms with Crippen LogP contribution in [0.3, 0.4) is 0 Å². The number of hydrogen-bond donors (Lipinski definition) is 1. The van der Waals surface area contributed by atoms with Gasteiger partial charge in [-0.1, -0.05) is 19.3 Å². The molecule has 2 nitrogen and oxygen atoms in total. The van der Waals surface area contributed by atoms with Crippen LogP contribution in [0.2, 0.25) is 0 Å². The molecule has 1 aliphatic carbocycles. The normalized spacial score (nSPS) is 18.8. The first-order chi connectivity index (χ1) is 5.43. The molecule has 1 rings (SSSR count). The number of aliphatic hydroxyl groups excluding tert-OH is 1. The Morgan fingerprint density at radius 2 is 1.73 bits per heavy atom. The van der Waals surface area contributed by atoms with Gasteiger partial charge in [-0.25, -0.2) is 0 Å². The van der Waals surface area contributed by atoms with E-state index in [1.807, 2.05) is 0 Å². The Morgan fingerprint density at radius 3 is 2.18 bits per heavy atom. The average Bonchev–Trinajstić information content (AvgIpc) is 2.11. The molecule has 1 N–H and O–H groups in total. The van der Waals surface area contributed by atoms with Crippen molar-refractivity contribution in [3.8, 4) is 0 Å². The largest absolute Gasteiger partial charge is 0.400 e. The number of methoxy groups -OCH3 is 1. The minimum atomic E-state index is 0.878. The molecule has 0 unspecified atom stereocenters. The fourth-order valence-electron chi connectivity index (χ4n) is 1.59. The minimum absolute atomic E-state index is 0.878. The van der Waals surface area contributed by atoms with E-state index in [-0.39, 0.29) is 0 Å². The summed E-state index contributed by atoms with van der Waals surface area (Å²) >= 11 is 0. The van der Waals surface area contributed by atoms with Gasteiger partial charge in [0, 0.05) is 20.8 Å². The van der Waals surface area contributed by atoms with Crippen LogP contribution in [0, 0.1) is 5.92 Å². The topological polar surface area (TPSA) is 29.5 Å². The average molecular weight is 160 g/mol. The molecular weight excluding hydrogens is 140 g/mol. The van der Waals surface area contributed by atoms with Gasteiger partial charge < -0.3 is 9.84 Å². The molecule has 0 aromatic heterocycles. The lowest BCUT2D eigenvalue weighted by molar-refractivity contribution is 0.131. The summed E-state index contributed by atoms with van der Waals surface area (Å²) in [6, 6.07) is 0. The van der Waals surface area contributed by atoms with Gasteiger partial charge in [-0.15, -0.1) is 0 Å². The van der Waals surface area contributed by atoms with E-state index in [9.17, 15) is 0 Å².